The first-order chi connectivity index (χ1) is 16.9. The maximum Gasteiger partial charge on any atom is 0.316 e. The van der Waals surface area contributed by atoms with Crippen LogP contribution in [0.3, 0.4) is 0 Å². The van der Waals surface area contributed by atoms with Gasteiger partial charge in [0.05, 0.1) is 10.8 Å². The molecule has 0 radical (unpaired) electrons. The van der Waals surface area contributed by atoms with Crippen molar-refractivity contribution in [2.45, 2.75) is 41.5 Å². The van der Waals surface area contributed by atoms with Crippen LogP contribution in [0.2, 0.25) is 0 Å². The van der Waals surface area contributed by atoms with Gasteiger partial charge in [0.1, 0.15) is 11.5 Å². The zero-order chi connectivity index (χ0) is 26.3. The van der Waals surface area contributed by atoms with Gasteiger partial charge >= 0.3 is 11.9 Å². The third kappa shape index (κ3) is 4.90. The number of carbonyl (C=O) groups is 2. The van der Waals surface area contributed by atoms with E-state index >= 15 is 0 Å². The van der Waals surface area contributed by atoms with Gasteiger partial charge in [0.2, 0.25) is 0 Å². The summed E-state index contributed by atoms with van der Waals surface area (Å²) in [5.41, 5.74) is 1.00. The van der Waals surface area contributed by atoms with Crippen molar-refractivity contribution < 1.29 is 19.1 Å². The number of ether oxygens (including phenoxy) is 2. The van der Waals surface area contributed by atoms with Crippen LogP contribution >= 0.6 is 0 Å². The molecule has 0 aliphatic rings. The van der Waals surface area contributed by atoms with Gasteiger partial charge in [-0.3, -0.25) is 9.59 Å². The van der Waals surface area contributed by atoms with E-state index in [9.17, 15) is 9.59 Å². The van der Waals surface area contributed by atoms with Gasteiger partial charge in [-0.1, -0.05) is 61.2 Å². The van der Waals surface area contributed by atoms with E-state index < -0.39 is 10.8 Å². The minimum Gasteiger partial charge on any atom is -0.425 e. The second kappa shape index (κ2) is 9.27. The summed E-state index contributed by atoms with van der Waals surface area (Å²) in [6.07, 6.45) is 1.79. The summed E-state index contributed by atoms with van der Waals surface area (Å²) in [6, 6.07) is 21.4. The molecule has 4 nitrogen and oxygen atoms in total. The van der Waals surface area contributed by atoms with Crippen LogP contribution in [0.15, 0.2) is 73.3 Å². The molecule has 4 heteroatoms. The predicted molar refractivity (Wildman–Crippen MR) is 147 cm³/mol. The number of rotatable bonds is 4. The monoisotopic (exact) mass is 480 g/mol. The quantitative estimate of drug-likeness (QED) is 0.218. The smallest absolute Gasteiger partial charge is 0.316 e. The number of hydrogen-bond donors (Lipinski definition) is 0. The summed E-state index contributed by atoms with van der Waals surface area (Å²) in [6.45, 7) is 14.8. The lowest BCUT2D eigenvalue weighted by Crippen LogP contribution is -2.26. The van der Waals surface area contributed by atoms with Gasteiger partial charge in [-0.25, -0.2) is 0 Å². The topological polar surface area (TPSA) is 52.6 Å². The third-order valence-electron chi connectivity index (χ3n) is 6.01. The Morgan fingerprint density at radius 2 is 1.17 bits per heavy atom. The van der Waals surface area contributed by atoms with E-state index in [4.69, 9.17) is 9.47 Å². The van der Waals surface area contributed by atoms with Crippen LogP contribution in [0.25, 0.3) is 38.7 Å². The summed E-state index contributed by atoms with van der Waals surface area (Å²) in [5.74, 6) is 0.140. The summed E-state index contributed by atoms with van der Waals surface area (Å²) in [7, 11) is 0. The summed E-state index contributed by atoms with van der Waals surface area (Å²) in [5, 5.41) is 3.71. The fourth-order valence-electron chi connectivity index (χ4n) is 3.90. The molecule has 0 bridgehead atoms. The minimum absolute atomic E-state index is 0.346. The fraction of sp³-hybridized carbons (Fsp3) is 0.250. The Morgan fingerprint density at radius 3 is 1.69 bits per heavy atom. The molecule has 184 valence electrons. The van der Waals surface area contributed by atoms with Crippen molar-refractivity contribution in [1.29, 1.82) is 0 Å². The largest absolute Gasteiger partial charge is 0.425 e. The number of fused-ring (bicyclic) bond motifs is 2. The average Bonchev–Trinajstić information content (AvgIpc) is 2.82. The van der Waals surface area contributed by atoms with Gasteiger partial charge in [0.25, 0.3) is 0 Å². The third-order valence-corrected chi connectivity index (χ3v) is 6.01. The van der Waals surface area contributed by atoms with Crippen molar-refractivity contribution >= 4 is 39.6 Å². The highest BCUT2D eigenvalue weighted by molar-refractivity contribution is 6.11. The van der Waals surface area contributed by atoms with Crippen molar-refractivity contribution in [3.05, 3.63) is 78.9 Å². The molecule has 0 saturated heterocycles. The molecule has 0 aromatic heterocycles. The van der Waals surface area contributed by atoms with Crippen molar-refractivity contribution in [3.8, 4) is 22.6 Å². The van der Waals surface area contributed by atoms with Gasteiger partial charge < -0.3 is 9.47 Å². The molecule has 0 amide bonds. The Balaban J connectivity index is 2.09. The Labute approximate surface area is 212 Å². The maximum atomic E-state index is 13.0. The molecule has 0 atom stereocenters. The first kappa shape index (κ1) is 25.2. The van der Waals surface area contributed by atoms with Crippen molar-refractivity contribution in [2.24, 2.45) is 10.8 Å². The first-order valence-corrected chi connectivity index (χ1v) is 12.1. The van der Waals surface area contributed by atoms with Crippen LogP contribution in [0.4, 0.5) is 0 Å². The molecule has 0 unspecified atom stereocenters. The van der Waals surface area contributed by atoms with Crippen molar-refractivity contribution in [3.63, 3.8) is 0 Å². The molecule has 4 aromatic rings. The van der Waals surface area contributed by atoms with Crippen LogP contribution in [-0.2, 0) is 9.59 Å². The van der Waals surface area contributed by atoms with E-state index in [0.717, 1.165) is 27.1 Å². The van der Waals surface area contributed by atoms with E-state index in [1.54, 1.807) is 6.08 Å². The standard InChI is InChI=1S/C32H32O4/c1-8-20-13-16-24-22(19-20)15-18-26(36-30(34)32(5,6)7)28(24)27-23-12-10-9-11-21(23)14-17-25(27)35-29(33)31(2,3)4/h8-19H,1H2,2-7H3. The average molecular weight is 481 g/mol. The van der Waals surface area contributed by atoms with Gasteiger partial charge in [-0.05, 0) is 86.8 Å². The van der Waals surface area contributed by atoms with Crippen LogP contribution < -0.4 is 9.47 Å². The molecule has 0 N–H and O–H groups in total. The first-order valence-electron chi connectivity index (χ1n) is 12.1. The zero-order valence-corrected chi connectivity index (χ0v) is 21.8. The second-order valence-corrected chi connectivity index (χ2v) is 11.1. The Hall–Kier alpha value is -3.92. The fourth-order valence-corrected chi connectivity index (χ4v) is 3.90. The summed E-state index contributed by atoms with van der Waals surface area (Å²) in [4.78, 5) is 26.0. The lowest BCUT2D eigenvalue weighted by atomic mass is 9.91. The lowest BCUT2D eigenvalue weighted by molar-refractivity contribution is -0.143. The van der Waals surface area contributed by atoms with Crippen LogP contribution in [0.5, 0.6) is 11.5 Å². The number of esters is 2. The van der Waals surface area contributed by atoms with E-state index in [2.05, 4.69) is 6.58 Å². The molecule has 0 heterocycles. The highest BCUT2D eigenvalue weighted by Gasteiger charge is 2.29. The van der Waals surface area contributed by atoms with Crippen molar-refractivity contribution in [2.75, 3.05) is 0 Å². The van der Waals surface area contributed by atoms with E-state index in [1.165, 1.54) is 0 Å². The van der Waals surface area contributed by atoms with Crippen molar-refractivity contribution in [1.82, 2.24) is 0 Å². The molecular formula is C32H32O4. The Bertz CT molecular complexity index is 1500. The van der Waals surface area contributed by atoms with Crippen LogP contribution in [0, 0.1) is 10.8 Å². The van der Waals surface area contributed by atoms with Gasteiger partial charge in [0, 0.05) is 11.1 Å². The molecule has 0 aliphatic carbocycles. The number of carbonyl (C=O) groups excluding carboxylic acids is 2. The number of benzene rings is 4. The summed E-state index contributed by atoms with van der Waals surface area (Å²) < 4.78 is 12.0. The molecule has 0 aliphatic heterocycles. The minimum atomic E-state index is -0.695. The molecule has 4 rings (SSSR count). The van der Waals surface area contributed by atoms with Crippen LogP contribution in [0.1, 0.15) is 47.1 Å². The molecule has 36 heavy (non-hydrogen) atoms. The SMILES string of the molecule is C=Cc1ccc2c(-c3c(OC(=O)C(C)(C)C)ccc4ccccc34)c(OC(=O)C(C)(C)C)ccc2c1. The molecule has 0 spiro atoms. The highest BCUT2D eigenvalue weighted by atomic mass is 16.5. The second-order valence-electron chi connectivity index (χ2n) is 11.1. The van der Waals surface area contributed by atoms with E-state index in [0.29, 0.717) is 22.6 Å². The normalized spacial score (nSPS) is 11.9. The molecule has 0 saturated carbocycles. The van der Waals surface area contributed by atoms with Gasteiger partial charge in [-0.15, -0.1) is 0 Å². The Morgan fingerprint density at radius 1 is 0.667 bits per heavy atom. The van der Waals surface area contributed by atoms with Crippen LogP contribution in [-0.4, -0.2) is 11.9 Å². The van der Waals surface area contributed by atoms with Gasteiger partial charge in [0.15, 0.2) is 0 Å². The maximum absolute atomic E-state index is 13.0. The number of hydrogen-bond acceptors (Lipinski definition) is 4. The van der Waals surface area contributed by atoms with E-state index in [1.807, 2.05) is 108 Å². The van der Waals surface area contributed by atoms with Gasteiger partial charge in [-0.2, -0.15) is 0 Å². The molecule has 0 fully saturated rings. The highest BCUT2D eigenvalue weighted by Crippen LogP contribution is 2.46. The molecule has 4 aromatic carbocycles. The summed E-state index contributed by atoms with van der Waals surface area (Å²) >= 11 is 0. The van der Waals surface area contributed by atoms with E-state index in [-0.39, 0.29) is 11.9 Å². The Kier molecular flexibility index (Phi) is 6.48. The zero-order valence-electron chi connectivity index (χ0n) is 21.8. The molecular weight excluding hydrogens is 448 g/mol. The lowest BCUT2D eigenvalue weighted by Gasteiger charge is -2.23. The predicted octanol–water partition coefficient (Wildman–Crippen LogP) is 8.21.